The van der Waals surface area contributed by atoms with Crippen molar-refractivity contribution in [2.45, 2.75) is 24.3 Å². The standard InChI is InChI=1S/C18H20N3O3S.Na.H2O/c1-13-16(19-9-8-17(13)24-11-5-10-23-2)12-25(22)18-20-14-6-3-4-7-15(14)21-18;;/h3-4,6-9H,5,10-12H2,1-2H3;;1H2/q-1;+1;. The molecule has 3 rings (SSSR count). The molecule has 27 heavy (non-hydrogen) atoms. The van der Waals surface area contributed by atoms with Crippen molar-refractivity contribution in [3.63, 3.8) is 0 Å². The van der Waals surface area contributed by atoms with Crippen LogP contribution in [0, 0.1) is 6.92 Å². The monoisotopic (exact) mass is 399 g/mol. The zero-order valence-electron chi connectivity index (χ0n) is 15.8. The van der Waals surface area contributed by atoms with Crippen LogP contribution in [0.4, 0.5) is 0 Å². The first kappa shape index (κ1) is 23.9. The van der Waals surface area contributed by atoms with Gasteiger partial charge in [-0.05, 0) is 35.2 Å². The number of imidazole rings is 1. The number of para-hydroxylation sites is 2. The molecule has 140 valence electrons. The zero-order chi connectivity index (χ0) is 17.6. The summed E-state index contributed by atoms with van der Waals surface area (Å²) < 4.78 is 23.4. The molecule has 9 heteroatoms. The van der Waals surface area contributed by atoms with E-state index in [4.69, 9.17) is 9.47 Å². The molecule has 0 amide bonds. The second-order valence-corrected chi connectivity index (χ2v) is 6.91. The zero-order valence-corrected chi connectivity index (χ0v) is 18.6. The van der Waals surface area contributed by atoms with E-state index in [0.29, 0.717) is 18.4 Å². The quantitative estimate of drug-likeness (QED) is 0.267. The largest absolute Gasteiger partial charge is 1.00 e. The van der Waals surface area contributed by atoms with Crippen molar-refractivity contribution in [2.24, 2.45) is 0 Å². The second kappa shape index (κ2) is 11.7. The third-order valence-electron chi connectivity index (χ3n) is 3.79. The van der Waals surface area contributed by atoms with E-state index in [1.807, 2.05) is 37.3 Å². The number of hydrogen-bond acceptors (Lipinski definition) is 5. The van der Waals surface area contributed by atoms with Crippen LogP contribution in [0.15, 0.2) is 41.7 Å². The van der Waals surface area contributed by atoms with E-state index in [0.717, 1.165) is 34.5 Å². The van der Waals surface area contributed by atoms with Gasteiger partial charge >= 0.3 is 29.6 Å². The third-order valence-corrected chi connectivity index (χ3v) is 4.92. The molecule has 7 nitrogen and oxygen atoms in total. The Morgan fingerprint density at radius 2 is 1.96 bits per heavy atom. The fraction of sp³-hybridized carbons (Fsp3) is 0.333. The number of fused-ring (bicyclic) bond motifs is 1. The number of ether oxygens (including phenoxy) is 2. The van der Waals surface area contributed by atoms with Gasteiger partial charge in [-0.2, -0.15) is 0 Å². The van der Waals surface area contributed by atoms with Gasteiger partial charge in [0.15, 0.2) is 5.75 Å². The van der Waals surface area contributed by atoms with Crippen molar-refractivity contribution in [2.75, 3.05) is 20.3 Å². The van der Waals surface area contributed by atoms with Gasteiger partial charge in [-0.3, -0.25) is 4.98 Å². The fourth-order valence-electron chi connectivity index (χ4n) is 2.42. The predicted octanol–water partition coefficient (Wildman–Crippen LogP) is -1.20. The number of benzene rings is 1. The Morgan fingerprint density at radius 1 is 1.19 bits per heavy atom. The molecule has 3 aromatic rings. The summed E-state index contributed by atoms with van der Waals surface area (Å²) in [6.45, 7) is 3.15. The third kappa shape index (κ3) is 6.18. The summed E-state index contributed by atoms with van der Waals surface area (Å²) in [5.41, 5.74) is 3.14. The number of nitrogens with zero attached hydrogens (tertiary/aromatic N) is 3. The van der Waals surface area contributed by atoms with Crippen LogP contribution in [-0.4, -0.2) is 40.3 Å². The first-order valence-electron chi connectivity index (χ1n) is 8.03. The van der Waals surface area contributed by atoms with E-state index in [9.17, 15) is 4.55 Å². The van der Waals surface area contributed by atoms with Gasteiger partial charge in [0.05, 0.1) is 12.3 Å². The predicted molar refractivity (Wildman–Crippen MR) is 99.8 cm³/mol. The fourth-order valence-corrected chi connectivity index (χ4v) is 3.49. The molecule has 0 aliphatic rings. The van der Waals surface area contributed by atoms with Gasteiger partial charge in [0.1, 0.15) is 10.9 Å². The van der Waals surface area contributed by atoms with Crippen LogP contribution in [0.2, 0.25) is 0 Å². The number of pyridine rings is 1. The van der Waals surface area contributed by atoms with Gasteiger partial charge in [0.2, 0.25) is 0 Å². The molecule has 2 aromatic heterocycles. The van der Waals surface area contributed by atoms with Crippen LogP contribution in [0.3, 0.4) is 0 Å². The summed E-state index contributed by atoms with van der Waals surface area (Å²) in [4.78, 5) is 13.0. The van der Waals surface area contributed by atoms with E-state index in [1.54, 1.807) is 13.3 Å². The Morgan fingerprint density at radius 3 is 2.70 bits per heavy atom. The summed E-state index contributed by atoms with van der Waals surface area (Å²) >= 11 is -1.35. The first-order chi connectivity index (χ1) is 12.2. The molecular formula is C18H22N3NaO4S. The Kier molecular flexibility index (Phi) is 10.3. The first-order valence-corrected chi connectivity index (χ1v) is 9.35. The topological polar surface area (TPSA) is 113 Å². The van der Waals surface area contributed by atoms with Crippen LogP contribution >= 0.6 is 0 Å². The molecule has 0 saturated heterocycles. The van der Waals surface area contributed by atoms with Crippen molar-refractivity contribution in [1.82, 2.24) is 15.0 Å². The Bertz CT molecular complexity index is 813. The molecule has 1 atom stereocenters. The Hall–Kier alpha value is -1.13. The summed E-state index contributed by atoms with van der Waals surface area (Å²) in [7, 11) is 1.67. The van der Waals surface area contributed by atoms with Crippen molar-refractivity contribution < 1.29 is 49.1 Å². The normalized spacial score (nSPS) is 11.5. The van der Waals surface area contributed by atoms with Gasteiger partial charge < -0.3 is 29.5 Å². The second-order valence-electron chi connectivity index (χ2n) is 5.56. The van der Waals surface area contributed by atoms with Crippen molar-refractivity contribution in [3.05, 3.63) is 47.8 Å². The molecule has 2 N–H and O–H groups in total. The molecule has 0 radical (unpaired) electrons. The smallest absolute Gasteiger partial charge is 0.612 e. The summed E-state index contributed by atoms with van der Waals surface area (Å²) in [6.07, 6.45) is 2.49. The Labute approximate surface area is 183 Å². The molecule has 0 fully saturated rings. The number of methoxy groups -OCH3 is 1. The van der Waals surface area contributed by atoms with Crippen molar-refractivity contribution in [1.29, 1.82) is 0 Å². The van der Waals surface area contributed by atoms with Gasteiger partial charge in [-0.1, -0.05) is 24.3 Å². The van der Waals surface area contributed by atoms with Gasteiger partial charge in [0.25, 0.3) is 0 Å². The van der Waals surface area contributed by atoms with Crippen molar-refractivity contribution in [3.8, 4) is 5.75 Å². The maximum atomic E-state index is 12.6. The number of aromatic nitrogens is 3. The minimum absolute atomic E-state index is 0. The van der Waals surface area contributed by atoms with Gasteiger partial charge in [-0.25, -0.2) is 0 Å². The van der Waals surface area contributed by atoms with Crippen molar-refractivity contribution >= 4 is 22.2 Å². The average molecular weight is 399 g/mol. The minimum atomic E-state index is -1.35. The summed E-state index contributed by atoms with van der Waals surface area (Å²) in [6, 6.07) is 9.32. The van der Waals surface area contributed by atoms with Gasteiger partial charge in [-0.15, -0.1) is 0 Å². The summed E-state index contributed by atoms with van der Waals surface area (Å²) in [5, 5.41) is 0.341. The maximum Gasteiger partial charge on any atom is 1.00 e. The van der Waals surface area contributed by atoms with E-state index in [-0.39, 0.29) is 40.8 Å². The molecule has 0 aliphatic heterocycles. The van der Waals surface area contributed by atoms with Crippen LogP contribution < -0.4 is 39.3 Å². The maximum absolute atomic E-state index is 12.6. The van der Waals surface area contributed by atoms with Crippen LogP contribution in [0.25, 0.3) is 11.0 Å². The molecule has 0 aliphatic carbocycles. The molecule has 0 bridgehead atoms. The minimum Gasteiger partial charge on any atom is -0.612 e. The van der Waals surface area contributed by atoms with E-state index < -0.39 is 11.2 Å². The van der Waals surface area contributed by atoms with E-state index in [2.05, 4.69) is 15.0 Å². The molecule has 0 spiro atoms. The Balaban J connectivity index is 0.00000182. The van der Waals surface area contributed by atoms with Crippen LogP contribution in [-0.2, 0) is 21.7 Å². The molecule has 1 unspecified atom stereocenters. The van der Waals surface area contributed by atoms with Crippen LogP contribution in [0.5, 0.6) is 5.75 Å². The van der Waals surface area contributed by atoms with Crippen LogP contribution in [0.1, 0.15) is 17.7 Å². The van der Waals surface area contributed by atoms with Gasteiger partial charge in [0, 0.05) is 31.9 Å². The van der Waals surface area contributed by atoms with E-state index >= 15 is 0 Å². The molecule has 0 saturated carbocycles. The SMILES string of the molecule is COCCCOc1ccnc(C[S+]([O-])c2nc3ccccc3[n-]2)c1C.O.[Na+]. The summed E-state index contributed by atoms with van der Waals surface area (Å²) in [5.74, 6) is 1.02. The number of hydrogen-bond donors (Lipinski definition) is 0. The average Bonchev–Trinajstić information content (AvgIpc) is 3.06. The molecular weight excluding hydrogens is 377 g/mol. The molecule has 1 aromatic carbocycles. The van der Waals surface area contributed by atoms with E-state index in [1.165, 1.54) is 0 Å². The molecule has 2 heterocycles. The number of rotatable bonds is 8.